The third-order valence-corrected chi connectivity index (χ3v) is 4.96. The first-order valence-electron chi connectivity index (χ1n) is 11.5. The predicted octanol–water partition coefficient (Wildman–Crippen LogP) is 2.63. The maximum absolute atomic E-state index is 12.4. The summed E-state index contributed by atoms with van der Waals surface area (Å²) in [7, 11) is 0. The summed E-state index contributed by atoms with van der Waals surface area (Å²) < 4.78 is 19.9. The van der Waals surface area contributed by atoms with E-state index in [1.54, 1.807) is 36.4 Å². The zero-order chi connectivity index (χ0) is 28.2. The number of rotatable bonds is 13. The molecule has 10 nitrogen and oxygen atoms in total. The number of hydrogen-bond acceptors (Lipinski definition) is 10. The van der Waals surface area contributed by atoms with Crippen LogP contribution < -0.4 is 0 Å². The molecular weight excluding hydrogens is 496 g/mol. The van der Waals surface area contributed by atoms with Crippen molar-refractivity contribution in [1.82, 2.24) is 0 Å². The van der Waals surface area contributed by atoms with Crippen LogP contribution in [-0.4, -0.2) is 72.7 Å². The molecule has 0 aromatic heterocycles. The van der Waals surface area contributed by atoms with Crippen LogP contribution in [0.2, 0.25) is 0 Å². The van der Waals surface area contributed by atoms with Crippen LogP contribution in [0.5, 0.6) is 0 Å². The molecule has 0 saturated carbocycles. The quantitative estimate of drug-likeness (QED) is 0.227. The summed E-state index contributed by atoms with van der Waals surface area (Å²) in [6.07, 6.45) is -2.20. The van der Waals surface area contributed by atoms with Gasteiger partial charge in [0.05, 0.1) is 17.7 Å². The Hall–Kier alpha value is -4.28. The van der Waals surface area contributed by atoms with Crippen molar-refractivity contribution < 1.29 is 48.3 Å². The molecule has 2 aromatic rings. The Morgan fingerprint density at radius 2 is 1.13 bits per heavy atom. The summed E-state index contributed by atoms with van der Waals surface area (Å²) in [5, 5.41) is 19.2. The molecule has 2 atom stereocenters. The molecule has 0 spiro atoms. The first kappa shape index (κ1) is 29.9. The number of esters is 4. The Bertz CT molecular complexity index is 1170. The van der Waals surface area contributed by atoms with E-state index >= 15 is 0 Å². The van der Waals surface area contributed by atoms with Crippen molar-refractivity contribution in [2.24, 2.45) is 0 Å². The molecular formula is C28H30O10. The van der Waals surface area contributed by atoms with E-state index in [0.717, 1.165) is 11.1 Å². The van der Waals surface area contributed by atoms with Gasteiger partial charge in [0.15, 0.2) is 6.10 Å². The Kier molecular flexibility index (Phi) is 11.4. The topological polar surface area (TPSA) is 146 Å². The number of carbonyl (C=O) groups excluding carboxylic acids is 4. The van der Waals surface area contributed by atoms with Crippen LogP contribution in [0.25, 0.3) is 11.1 Å². The van der Waals surface area contributed by atoms with Gasteiger partial charge in [-0.05, 0) is 49.2 Å². The van der Waals surface area contributed by atoms with Gasteiger partial charge in [-0.2, -0.15) is 0 Å². The van der Waals surface area contributed by atoms with Gasteiger partial charge in [0.2, 0.25) is 0 Å². The summed E-state index contributed by atoms with van der Waals surface area (Å²) in [6.45, 7) is 8.32. The minimum absolute atomic E-state index is 0.186. The molecule has 202 valence electrons. The monoisotopic (exact) mass is 526 g/mol. The highest BCUT2D eigenvalue weighted by molar-refractivity contribution is 5.91. The fraction of sp³-hybridized carbons (Fsp3) is 0.286. The largest absolute Gasteiger partial charge is 0.459 e. The van der Waals surface area contributed by atoms with Crippen LogP contribution in [0.15, 0.2) is 72.8 Å². The Labute approximate surface area is 220 Å². The minimum atomic E-state index is -1.18. The number of aliphatic hydroxyl groups excluding tert-OH is 2. The molecule has 0 aliphatic heterocycles. The van der Waals surface area contributed by atoms with Crippen molar-refractivity contribution >= 4 is 23.9 Å². The van der Waals surface area contributed by atoms with Crippen molar-refractivity contribution in [3.63, 3.8) is 0 Å². The van der Waals surface area contributed by atoms with E-state index in [4.69, 9.17) is 18.9 Å². The molecule has 2 unspecified atom stereocenters. The molecule has 2 aromatic carbocycles. The van der Waals surface area contributed by atoms with Gasteiger partial charge in [-0.25, -0.2) is 19.2 Å². The van der Waals surface area contributed by atoms with E-state index in [-0.39, 0.29) is 42.1 Å². The van der Waals surface area contributed by atoms with Crippen LogP contribution in [0, 0.1) is 0 Å². The highest BCUT2D eigenvalue weighted by Gasteiger charge is 2.18. The summed E-state index contributed by atoms with van der Waals surface area (Å²) in [4.78, 5) is 47.4. The molecule has 0 saturated heterocycles. The third-order valence-electron chi connectivity index (χ3n) is 4.96. The third kappa shape index (κ3) is 9.30. The maximum Gasteiger partial charge on any atom is 0.338 e. The Balaban J connectivity index is 1.90. The number of hydrogen-bond donors (Lipinski definition) is 2. The van der Waals surface area contributed by atoms with Crippen LogP contribution in [-0.2, 0) is 28.5 Å². The molecule has 38 heavy (non-hydrogen) atoms. The van der Waals surface area contributed by atoms with E-state index in [9.17, 15) is 29.4 Å². The standard InChI is InChI=1S/C28H30O10/c1-17(2)25(31)35-14-23(30)15-36-27(33)21-9-5-19(6-10-21)20-7-11-22(12-8-20)28(34)38-24(13-29)16-37-26(32)18(3)4/h5-12,23-24,29-30H,1,3,13-16H2,2,4H3. The highest BCUT2D eigenvalue weighted by atomic mass is 16.6. The Morgan fingerprint density at radius 1 is 0.711 bits per heavy atom. The fourth-order valence-electron chi connectivity index (χ4n) is 2.83. The molecule has 10 heteroatoms. The summed E-state index contributed by atoms with van der Waals surface area (Å²) in [5.74, 6) is -2.65. The number of aliphatic hydroxyl groups is 2. The second-order valence-electron chi connectivity index (χ2n) is 8.37. The maximum atomic E-state index is 12.4. The van der Waals surface area contributed by atoms with Crippen molar-refractivity contribution in [3.05, 3.63) is 84.0 Å². The van der Waals surface area contributed by atoms with Gasteiger partial charge in [0.1, 0.15) is 25.9 Å². The first-order chi connectivity index (χ1) is 18.0. The molecule has 2 rings (SSSR count). The molecule has 2 N–H and O–H groups in total. The van der Waals surface area contributed by atoms with Gasteiger partial charge >= 0.3 is 23.9 Å². The van der Waals surface area contributed by atoms with E-state index in [1.165, 1.54) is 26.0 Å². The smallest absolute Gasteiger partial charge is 0.338 e. The molecule has 0 fully saturated rings. The van der Waals surface area contributed by atoms with Crippen molar-refractivity contribution in [3.8, 4) is 11.1 Å². The average Bonchev–Trinajstić information content (AvgIpc) is 2.92. The second kappa shape index (κ2) is 14.5. The number of ether oxygens (including phenoxy) is 4. The molecule has 0 bridgehead atoms. The number of benzene rings is 2. The Morgan fingerprint density at radius 3 is 1.58 bits per heavy atom. The zero-order valence-corrected chi connectivity index (χ0v) is 21.2. The van der Waals surface area contributed by atoms with Crippen LogP contribution in [0.3, 0.4) is 0 Å². The molecule has 0 aliphatic carbocycles. The van der Waals surface area contributed by atoms with Crippen LogP contribution in [0.4, 0.5) is 0 Å². The fourth-order valence-corrected chi connectivity index (χ4v) is 2.83. The summed E-state index contributed by atoms with van der Waals surface area (Å²) in [6, 6.07) is 12.9. The van der Waals surface area contributed by atoms with Gasteiger partial charge < -0.3 is 29.2 Å². The molecule has 0 radical (unpaired) electrons. The zero-order valence-electron chi connectivity index (χ0n) is 21.2. The lowest BCUT2D eigenvalue weighted by Crippen LogP contribution is -2.28. The first-order valence-corrected chi connectivity index (χ1v) is 11.5. The van der Waals surface area contributed by atoms with Crippen molar-refractivity contribution in [1.29, 1.82) is 0 Å². The van der Waals surface area contributed by atoms with Crippen LogP contribution in [0.1, 0.15) is 34.6 Å². The van der Waals surface area contributed by atoms with Crippen molar-refractivity contribution in [2.75, 3.05) is 26.4 Å². The van der Waals surface area contributed by atoms with Gasteiger partial charge in [0.25, 0.3) is 0 Å². The lowest BCUT2D eigenvalue weighted by molar-refractivity contribution is -0.143. The van der Waals surface area contributed by atoms with Gasteiger partial charge in [-0.1, -0.05) is 37.4 Å². The summed E-state index contributed by atoms with van der Waals surface area (Å²) >= 11 is 0. The van der Waals surface area contributed by atoms with E-state index in [2.05, 4.69) is 13.2 Å². The SMILES string of the molecule is C=C(C)C(=O)OCC(O)COC(=O)c1ccc(-c2ccc(C(=O)OC(CO)COC(=O)C(=C)C)cc2)cc1. The second-order valence-corrected chi connectivity index (χ2v) is 8.37. The predicted molar refractivity (Wildman–Crippen MR) is 136 cm³/mol. The molecule has 0 heterocycles. The van der Waals surface area contributed by atoms with Crippen molar-refractivity contribution in [2.45, 2.75) is 26.1 Å². The molecule has 0 amide bonds. The van der Waals surface area contributed by atoms with E-state index < -0.39 is 42.7 Å². The van der Waals surface area contributed by atoms with Gasteiger partial charge in [-0.15, -0.1) is 0 Å². The van der Waals surface area contributed by atoms with E-state index in [1.807, 2.05) is 0 Å². The van der Waals surface area contributed by atoms with Gasteiger partial charge in [0, 0.05) is 11.1 Å². The van der Waals surface area contributed by atoms with Gasteiger partial charge in [-0.3, -0.25) is 0 Å². The van der Waals surface area contributed by atoms with E-state index in [0.29, 0.717) is 0 Å². The lowest BCUT2D eigenvalue weighted by atomic mass is 10.0. The molecule has 0 aliphatic rings. The van der Waals surface area contributed by atoms with Crippen LogP contribution >= 0.6 is 0 Å². The summed E-state index contributed by atoms with van der Waals surface area (Å²) in [5.41, 5.74) is 2.37. The average molecular weight is 527 g/mol. The number of carbonyl (C=O) groups is 4. The minimum Gasteiger partial charge on any atom is -0.459 e. The highest BCUT2D eigenvalue weighted by Crippen LogP contribution is 2.21. The lowest BCUT2D eigenvalue weighted by Gasteiger charge is -2.16. The normalized spacial score (nSPS) is 12.0.